The fourth-order valence-electron chi connectivity index (χ4n) is 4.77. The van der Waals surface area contributed by atoms with Crippen molar-refractivity contribution >= 4 is 42.8 Å². The average molecular weight is 500 g/mol. The molecular formula is C24H31F2N7OSi. The molecule has 4 heterocycles. The van der Waals surface area contributed by atoms with Gasteiger partial charge in [-0.1, -0.05) is 13.1 Å². The number of hydrogen-bond acceptors (Lipinski definition) is 6. The number of piperidine rings is 1. The lowest BCUT2D eigenvalue weighted by Crippen LogP contribution is -2.43. The third-order valence-electron chi connectivity index (χ3n) is 7.11. The number of hydrogen-bond donors (Lipinski definition) is 2. The number of amides is 1. The molecule has 8 nitrogen and oxygen atoms in total. The number of imidazole rings is 1. The maximum absolute atomic E-state index is 13.7. The molecule has 1 aromatic carbocycles. The number of anilines is 4. The van der Waals surface area contributed by atoms with Crippen LogP contribution in [0.25, 0.3) is 5.65 Å². The number of carbonyl (C=O) groups is 1. The molecule has 0 bridgehead atoms. The molecule has 0 spiro atoms. The molecular weight excluding hydrogens is 468 g/mol. The summed E-state index contributed by atoms with van der Waals surface area (Å²) in [6, 6.07) is 9.36. The molecule has 0 aliphatic carbocycles. The summed E-state index contributed by atoms with van der Waals surface area (Å²) >= 11 is 0. The molecule has 2 fully saturated rings. The fraction of sp³-hybridized carbons (Fsp3) is 0.458. The Kier molecular flexibility index (Phi) is 5.90. The van der Waals surface area contributed by atoms with Gasteiger partial charge in [-0.25, -0.2) is 13.8 Å². The summed E-state index contributed by atoms with van der Waals surface area (Å²) in [5.74, 6) is -2.13. The number of rotatable bonds is 4. The monoisotopic (exact) mass is 499 g/mol. The largest absolute Gasteiger partial charge is 0.399 e. The molecule has 0 radical (unpaired) electrons. The Hall–Kier alpha value is -3.21. The van der Waals surface area contributed by atoms with Gasteiger partial charge in [0.15, 0.2) is 0 Å². The average Bonchev–Trinajstić information content (AvgIpc) is 3.27. The summed E-state index contributed by atoms with van der Waals surface area (Å²) in [4.78, 5) is 26.4. The smallest absolute Gasteiger partial charge is 0.258 e. The van der Waals surface area contributed by atoms with Gasteiger partial charge in [0.05, 0.1) is 19.3 Å². The molecule has 1 amide bonds. The molecule has 0 unspecified atom stereocenters. The van der Waals surface area contributed by atoms with Crippen molar-refractivity contribution in [3.05, 3.63) is 42.2 Å². The van der Waals surface area contributed by atoms with E-state index in [4.69, 9.17) is 5.73 Å². The van der Waals surface area contributed by atoms with Crippen LogP contribution in [0.4, 0.5) is 31.9 Å². The molecule has 11 heteroatoms. The van der Waals surface area contributed by atoms with Gasteiger partial charge in [0.1, 0.15) is 11.5 Å². The van der Waals surface area contributed by atoms with Crippen LogP contribution in [0.15, 0.2) is 36.7 Å². The van der Waals surface area contributed by atoms with E-state index in [1.807, 2.05) is 11.0 Å². The van der Waals surface area contributed by atoms with E-state index in [2.05, 4.69) is 33.3 Å². The van der Waals surface area contributed by atoms with Gasteiger partial charge >= 0.3 is 0 Å². The molecule has 5 rings (SSSR count). The van der Waals surface area contributed by atoms with Crippen molar-refractivity contribution in [1.82, 2.24) is 14.4 Å². The van der Waals surface area contributed by atoms with E-state index in [1.165, 1.54) is 12.1 Å². The van der Waals surface area contributed by atoms with Crippen molar-refractivity contribution < 1.29 is 13.6 Å². The van der Waals surface area contributed by atoms with Gasteiger partial charge in [-0.2, -0.15) is 4.98 Å². The van der Waals surface area contributed by atoms with Crippen molar-refractivity contribution in [3.63, 3.8) is 0 Å². The molecule has 3 aromatic rings. The maximum Gasteiger partial charge on any atom is 0.258 e. The van der Waals surface area contributed by atoms with E-state index in [1.54, 1.807) is 35.0 Å². The molecule has 2 aliphatic heterocycles. The van der Waals surface area contributed by atoms with Gasteiger partial charge in [-0.05, 0) is 30.3 Å². The van der Waals surface area contributed by atoms with Crippen LogP contribution in [0.3, 0.4) is 0 Å². The van der Waals surface area contributed by atoms with E-state index in [9.17, 15) is 13.6 Å². The Balaban J connectivity index is 1.42. The van der Waals surface area contributed by atoms with Crippen LogP contribution in [0.2, 0.25) is 25.2 Å². The summed E-state index contributed by atoms with van der Waals surface area (Å²) in [6.07, 6.45) is 2.91. The van der Waals surface area contributed by atoms with E-state index in [-0.39, 0.29) is 31.8 Å². The second-order valence-corrected chi connectivity index (χ2v) is 15.7. The zero-order valence-electron chi connectivity index (χ0n) is 20.1. The highest BCUT2D eigenvalue weighted by molar-refractivity contribution is 6.77. The minimum atomic E-state index is -2.66. The number of nitrogens with two attached hydrogens (primary N) is 1. The first-order chi connectivity index (χ1) is 16.6. The third kappa shape index (κ3) is 4.95. The molecule has 3 N–H and O–H groups in total. The Morgan fingerprint density at radius 3 is 2.51 bits per heavy atom. The first-order valence-corrected chi connectivity index (χ1v) is 15.4. The first kappa shape index (κ1) is 23.5. The van der Waals surface area contributed by atoms with Crippen LogP contribution in [-0.4, -0.2) is 60.5 Å². The number of nitrogens with one attached hydrogen (secondary N) is 1. The van der Waals surface area contributed by atoms with Crippen LogP contribution in [0.1, 0.15) is 23.2 Å². The number of carbonyl (C=O) groups excluding carboxylic acids is 1. The van der Waals surface area contributed by atoms with Gasteiger partial charge in [0, 0.05) is 63.2 Å². The number of aromatic nitrogens is 3. The van der Waals surface area contributed by atoms with Crippen molar-refractivity contribution in [3.8, 4) is 0 Å². The van der Waals surface area contributed by atoms with Crippen LogP contribution >= 0.6 is 0 Å². The van der Waals surface area contributed by atoms with E-state index >= 15 is 0 Å². The fourth-order valence-corrected chi connectivity index (χ4v) is 6.77. The van der Waals surface area contributed by atoms with Gasteiger partial charge in [-0.15, -0.1) is 0 Å². The number of nitrogens with zero attached hydrogens (tertiary/aromatic N) is 5. The number of halogens is 2. The first-order valence-electron chi connectivity index (χ1n) is 12.0. The second-order valence-electron chi connectivity index (χ2n) is 10.3. The van der Waals surface area contributed by atoms with Crippen LogP contribution in [0, 0.1) is 0 Å². The second kappa shape index (κ2) is 8.78. The summed E-state index contributed by atoms with van der Waals surface area (Å²) in [5.41, 5.74) is 8.64. The number of benzene rings is 1. The zero-order valence-corrected chi connectivity index (χ0v) is 21.1. The molecule has 0 atom stereocenters. The highest BCUT2D eigenvalue weighted by atomic mass is 28.3. The normalized spacial score (nSPS) is 19.7. The lowest BCUT2D eigenvalue weighted by atomic mass is 10.1. The van der Waals surface area contributed by atoms with Crippen molar-refractivity contribution in [2.24, 2.45) is 0 Å². The van der Waals surface area contributed by atoms with Gasteiger partial charge in [0.25, 0.3) is 11.8 Å². The number of fused-ring (bicyclic) bond motifs is 1. The van der Waals surface area contributed by atoms with Crippen molar-refractivity contribution in [2.45, 2.75) is 43.9 Å². The minimum absolute atomic E-state index is 0.182. The Labute approximate surface area is 204 Å². The maximum atomic E-state index is 13.7. The Bertz CT molecular complexity index is 1240. The molecule has 35 heavy (non-hydrogen) atoms. The molecule has 2 saturated heterocycles. The SMILES string of the molecule is C[Si]1(C)CCN(c2cc(N)ccc2C(=O)Nc2cc3nccn3c(N3CCC(F)(F)CC3)n2)CC1. The predicted molar refractivity (Wildman–Crippen MR) is 137 cm³/mol. The minimum Gasteiger partial charge on any atom is -0.399 e. The topological polar surface area (TPSA) is 91.8 Å². The highest BCUT2D eigenvalue weighted by Crippen LogP contribution is 2.32. The lowest BCUT2D eigenvalue weighted by Gasteiger charge is -2.37. The van der Waals surface area contributed by atoms with Gasteiger partial charge in [0.2, 0.25) is 5.95 Å². The summed E-state index contributed by atoms with van der Waals surface area (Å²) in [7, 11) is -1.18. The Morgan fingerprint density at radius 1 is 1.09 bits per heavy atom. The summed E-state index contributed by atoms with van der Waals surface area (Å²) < 4.78 is 29.2. The molecule has 2 aliphatic rings. The van der Waals surface area contributed by atoms with Crippen molar-refractivity contribution in [2.75, 3.05) is 47.0 Å². The molecule has 186 valence electrons. The predicted octanol–water partition coefficient (Wildman–Crippen LogP) is 4.33. The standard InChI is InChI=1S/C24H31F2N7OSi/c1-35(2)13-11-31(12-14-35)19-15-17(27)3-4-18(19)22(34)29-20-16-21-28-7-10-33(21)23(30-20)32-8-5-24(25,26)6-9-32/h3-4,7,10,15-16H,5-6,8-9,11-14,27H2,1-2H3,(H,29,34). The number of nitrogen functional groups attached to an aromatic ring is 1. The summed E-state index contributed by atoms with van der Waals surface area (Å²) in [6.45, 7) is 6.98. The molecule has 2 aromatic heterocycles. The van der Waals surface area contributed by atoms with Crippen LogP contribution < -0.4 is 20.9 Å². The highest BCUT2D eigenvalue weighted by Gasteiger charge is 2.35. The van der Waals surface area contributed by atoms with Crippen molar-refractivity contribution in [1.29, 1.82) is 0 Å². The van der Waals surface area contributed by atoms with E-state index < -0.39 is 14.0 Å². The van der Waals surface area contributed by atoms with E-state index in [0.717, 1.165) is 18.8 Å². The lowest BCUT2D eigenvalue weighted by molar-refractivity contribution is -0.0222. The summed E-state index contributed by atoms with van der Waals surface area (Å²) in [5, 5.41) is 2.91. The number of alkyl halides is 2. The van der Waals surface area contributed by atoms with Gasteiger partial charge < -0.3 is 20.9 Å². The third-order valence-corrected chi connectivity index (χ3v) is 10.3. The van der Waals surface area contributed by atoms with Crippen LogP contribution in [0.5, 0.6) is 0 Å². The van der Waals surface area contributed by atoms with Gasteiger partial charge in [-0.3, -0.25) is 9.20 Å². The Morgan fingerprint density at radius 2 is 1.80 bits per heavy atom. The van der Waals surface area contributed by atoms with E-state index in [0.29, 0.717) is 28.7 Å². The zero-order chi connectivity index (χ0) is 24.8. The quantitative estimate of drug-likeness (QED) is 0.410. The van der Waals surface area contributed by atoms with Crippen LogP contribution in [-0.2, 0) is 0 Å². The molecule has 0 saturated carbocycles.